The van der Waals surface area contributed by atoms with Crippen LogP contribution < -0.4 is 0 Å². The molecule has 2 heterocycles. The van der Waals surface area contributed by atoms with Gasteiger partial charge in [-0.3, -0.25) is 14.5 Å². The molecule has 0 radical (unpaired) electrons. The molecule has 2 aliphatic rings. The number of carboxylic acid groups (broad SMARTS) is 1. The fourth-order valence-corrected chi connectivity index (χ4v) is 3.61. The number of hydrogen-bond acceptors (Lipinski definition) is 4. The number of nitrogens with zero attached hydrogens (tertiary/aromatic N) is 3. The molecule has 25 heavy (non-hydrogen) atoms. The molecule has 0 saturated carbocycles. The van der Waals surface area contributed by atoms with Crippen molar-refractivity contribution in [3.63, 3.8) is 0 Å². The number of likely N-dealkylation sites (N-methyl/N-ethyl adjacent to an activating group) is 1. The molecule has 1 aromatic rings. The molecule has 2 fully saturated rings. The SMILES string of the molecule is CN1CCN(Cc2cccc(C(=O)N3CCCC(C(=O)O)C3)c2)CC1. The van der Waals surface area contributed by atoms with Crippen molar-refractivity contribution in [3.8, 4) is 0 Å². The Bertz CT molecular complexity index is 626. The summed E-state index contributed by atoms with van der Waals surface area (Å²) in [6, 6.07) is 7.79. The van der Waals surface area contributed by atoms with Crippen LogP contribution in [0, 0.1) is 5.92 Å². The molecule has 2 aliphatic heterocycles. The Morgan fingerprint density at radius 3 is 2.64 bits per heavy atom. The molecule has 1 N–H and O–H groups in total. The lowest BCUT2D eigenvalue weighted by Gasteiger charge is -2.32. The van der Waals surface area contributed by atoms with Gasteiger partial charge in [-0.05, 0) is 37.6 Å². The van der Waals surface area contributed by atoms with Crippen molar-refractivity contribution in [2.75, 3.05) is 46.3 Å². The minimum absolute atomic E-state index is 0.0498. The van der Waals surface area contributed by atoms with Gasteiger partial charge in [0.05, 0.1) is 5.92 Å². The summed E-state index contributed by atoms with van der Waals surface area (Å²) in [5.41, 5.74) is 1.81. The number of carbonyl (C=O) groups is 2. The Morgan fingerprint density at radius 2 is 1.92 bits per heavy atom. The first-order valence-corrected chi connectivity index (χ1v) is 9.05. The second-order valence-corrected chi connectivity index (χ2v) is 7.21. The summed E-state index contributed by atoms with van der Waals surface area (Å²) >= 11 is 0. The van der Waals surface area contributed by atoms with Gasteiger partial charge in [-0.1, -0.05) is 12.1 Å². The highest BCUT2D eigenvalue weighted by molar-refractivity contribution is 5.94. The predicted molar refractivity (Wildman–Crippen MR) is 95.5 cm³/mol. The lowest BCUT2D eigenvalue weighted by atomic mass is 9.97. The number of carboxylic acids is 1. The van der Waals surface area contributed by atoms with Gasteiger partial charge in [0.2, 0.25) is 0 Å². The molecular weight excluding hydrogens is 318 g/mol. The third-order valence-electron chi connectivity index (χ3n) is 5.23. The number of benzene rings is 1. The maximum Gasteiger partial charge on any atom is 0.308 e. The molecule has 1 unspecified atom stereocenters. The maximum atomic E-state index is 12.8. The average molecular weight is 345 g/mol. The van der Waals surface area contributed by atoms with Crippen molar-refractivity contribution in [1.29, 1.82) is 0 Å². The quantitative estimate of drug-likeness (QED) is 0.893. The lowest BCUT2D eigenvalue weighted by molar-refractivity contribution is -0.143. The van der Waals surface area contributed by atoms with E-state index >= 15 is 0 Å². The first-order valence-electron chi connectivity index (χ1n) is 9.05. The van der Waals surface area contributed by atoms with E-state index in [0.717, 1.165) is 44.7 Å². The number of hydrogen-bond donors (Lipinski definition) is 1. The second-order valence-electron chi connectivity index (χ2n) is 7.21. The van der Waals surface area contributed by atoms with E-state index in [1.165, 1.54) is 0 Å². The van der Waals surface area contributed by atoms with Gasteiger partial charge in [0, 0.05) is 51.4 Å². The van der Waals surface area contributed by atoms with Crippen molar-refractivity contribution >= 4 is 11.9 Å². The van der Waals surface area contributed by atoms with E-state index in [4.69, 9.17) is 0 Å². The number of carbonyl (C=O) groups excluding carboxylic acids is 1. The predicted octanol–water partition coefficient (Wildman–Crippen LogP) is 1.37. The van der Waals surface area contributed by atoms with Crippen LogP contribution in [0.3, 0.4) is 0 Å². The maximum absolute atomic E-state index is 12.8. The van der Waals surface area contributed by atoms with Crippen molar-refractivity contribution < 1.29 is 14.7 Å². The highest BCUT2D eigenvalue weighted by Crippen LogP contribution is 2.20. The van der Waals surface area contributed by atoms with Gasteiger partial charge >= 0.3 is 5.97 Å². The van der Waals surface area contributed by atoms with E-state index in [1.807, 2.05) is 18.2 Å². The highest BCUT2D eigenvalue weighted by Gasteiger charge is 2.28. The number of likely N-dealkylation sites (tertiary alicyclic amines) is 1. The average Bonchev–Trinajstić information content (AvgIpc) is 2.63. The van der Waals surface area contributed by atoms with Crippen LogP contribution >= 0.6 is 0 Å². The Labute approximate surface area is 149 Å². The minimum atomic E-state index is -0.804. The van der Waals surface area contributed by atoms with Crippen LogP contribution in [0.4, 0.5) is 0 Å². The summed E-state index contributed by atoms with van der Waals surface area (Å²) in [4.78, 5) is 30.4. The summed E-state index contributed by atoms with van der Waals surface area (Å²) in [6.07, 6.45) is 1.41. The van der Waals surface area contributed by atoms with E-state index in [0.29, 0.717) is 25.1 Å². The topological polar surface area (TPSA) is 64.1 Å². The lowest BCUT2D eigenvalue weighted by Crippen LogP contribution is -2.44. The zero-order chi connectivity index (χ0) is 17.8. The molecule has 0 bridgehead atoms. The summed E-state index contributed by atoms with van der Waals surface area (Å²) in [7, 11) is 2.14. The smallest absolute Gasteiger partial charge is 0.308 e. The third-order valence-corrected chi connectivity index (χ3v) is 5.23. The van der Waals surface area contributed by atoms with Gasteiger partial charge in [0.25, 0.3) is 5.91 Å². The number of piperazine rings is 1. The van der Waals surface area contributed by atoms with Gasteiger partial charge in [-0.15, -0.1) is 0 Å². The molecule has 1 aromatic carbocycles. The number of amides is 1. The standard InChI is InChI=1S/C19H27N3O3/c1-20-8-10-21(11-9-20)13-15-4-2-5-16(12-15)18(23)22-7-3-6-17(14-22)19(24)25/h2,4-5,12,17H,3,6-11,13-14H2,1H3,(H,24,25). The molecule has 136 valence electrons. The Kier molecular flexibility index (Phi) is 5.71. The van der Waals surface area contributed by atoms with Crippen LogP contribution in [0.2, 0.25) is 0 Å². The van der Waals surface area contributed by atoms with Crippen molar-refractivity contribution in [2.24, 2.45) is 5.92 Å². The third kappa shape index (κ3) is 4.58. The summed E-state index contributed by atoms with van der Waals surface area (Å²) in [5, 5.41) is 9.21. The van der Waals surface area contributed by atoms with E-state index in [2.05, 4.69) is 22.9 Å². The van der Waals surface area contributed by atoms with Gasteiger partial charge in [-0.2, -0.15) is 0 Å². The van der Waals surface area contributed by atoms with Crippen LogP contribution in [0.15, 0.2) is 24.3 Å². The van der Waals surface area contributed by atoms with Crippen molar-refractivity contribution in [1.82, 2.24) is 14.7 Å². The minimum Gasteiger partial charge on any atom is -0.481 e. The van der Waals surface area contributed by atoms with Gasteiger partial charge in [-0.25, -0.2) is 0 Å². The zero-order valence-corrected chi connectivity index (χ0v) is 14.9. The van der Waals surface area contributed by atoms with Crippen LogP contribution in [0.5, 0.6) is 0 Å². The molecule has 0 aromatic heterocycles. The van der Waals surface area contributed by atoms with Crippen LogP contribution in [-0.4, -0.2) is 78.0 Å². The molecule has 2 saturated heterocycles. The van der Waals surface area contributed by atoms with Crippen LogP contribution in [0.1, 0.15) is 28.8 Å². The van der Waals surface area contributed by atoms with Gasteiger partial charge in [0.1, 0.15) is 0 Å². The fraction of sp³-hybridized carbons (Fsp3) is 0.579. The molecule has 3 rings (SSSR count). The summed E-state index contributed by atoms with van der Waals surface area (Å²) < 4.78 is 0. The highest BCUT2D eigenvalue weighted by atomic mass is 16.4. The van der Waals surface area contributed by atoms with Crippen LogP contribution in [-0.2, 0) is 11.3 Å². The van der Waals surface area contributed by atoms with Crippen LogP contribution in [0.25, 0.3) is 0 Å². The number of rotatable bonds is 4. The van der Waals surface area contributed by atoms with E-state index in [-0.39, 0.29) is 5.91 Å². The van der Waals surface area contributed by atoms with Crippen molar-refractivity contribution in [3.05, 3.63) is 35.4 Å². The number of aliphatic carboxylic acids is 1. The Balaban J connectivity index is 1.64. The van der Waals surface area contributed by atoms with Crippen molar-refractivity contribution in [2.45, 2.75) is 19.4 Å². The molecule has 0 spiro atoms. The normalized spacial score (nSPS) is 22.8. The first-order chi connectivity index (χ1) is 12.0. The molecular formula is C19H27N3O3. The summed E-state index contributed by atoms with van der Waals surface area (Å²) in [6.45, 7) is 6.04. The van der Waals surface area contributed by atoms with E-state index in [1.54, 1.807) is 4.90 Å². The van der Waals surface area contributed by atoms with Gasteiger partial charge < -0.3 is 14.9 Å². The molecule has 6 nitrogen and oxygen atoms in total. The Hall–Kier alpha value is -1.92. The van der Waals surface area contributed by atoms with E-state index in [9.17, 15) is 14.7 Å². The molecule has 1 amide bonds. The molecule has 6 heteroatoms. The van der Waals surface area contributed by atoms with Gasteiger partial charge in [0.15, 0.2) is 0 Å². The monoisotopic (exact) mass is 345 g/mol. The Morgan fingerprint density at radius 1 is 1.16 bits per heavy atom. The first kappa shape index (κ1) is 17.9. The summed E-state index contributed by atoms with van der Waals surface area (Å²) in [5.74, 6) is -1.29. The van der Waals surface area contributed by atoms with E-state index < -0.39 is 11.9 Å². The molecule has 1 atom stereocenters. The molecule has 0 aliphatic carbocycles. The largest absolute Gasteiger partial charge is 0.481 e. The zero-order valence-electron chi connectivity index (χ0n) is 14.9. The fourth-order valence-electron chi connectivity index (χ4n) is 3.61. The second kappa shape index (κ2) is 7.97. The number of piperidine rings is 1.